The van der Waals surface area contributed by atoms with Crippen LogP contribution in [0.3, 0.4) is 0 Å². The van der Waals surface area contributed by atoms with Crippen molar-refractivity contribution in [3.8, 4) is 0 Å². The topological polar surface area (TPSA) is 79.8 Å². The first kappa shape index (κ1) is 16.4. The average molecular weight is 301 g/mol. The largest absolute Gasteiger partial charge is 0.469 e. The van der Waals surface area contributed by atoms with E-state index in [1.54, 1.807) is 19.1 Å². The summed E-state index contributed by atoms with van der Waals surface area (Å²) in [6.45, 7) is 2.09. The van der Waals surface area contributed by atoms with Gasteiger partial charge in [-0.05, 0) is 19.1 Å². The van der Waals surface area contributed by atoms with Crippen LogP contribution in [0.15, 0.2) is 24.5 Å². The highest BCUT2D eigenvalue weighted by Crippen LogP contribution is 2.18. The molecule has 0 aromatic carbocycles. The average Bonchev–Trinajstić information content (AvgIpc) is 2.45. The second-order valence-electron chi connectivity index (χ2n) is 4.03. The van der Waals surface area contributed by atoms with Crippen LogP contribution < -0.4 is 4.31 Å². The molecule has 1 aromatic heterocycles. The van der Waals surface area contributed by atoms with Gasteiger partial charge < -0.3 is 4.74 Å². The molecule has 0 saturated heterocycles. The number of pyridine rings is 1. The van der Waals surface area contributed by atoms with Gasteiger partial charge in [0, 0.05) is 32.5 Å². The third-order valence-corrected chi connectivity index (χ3v) is 4.77. The molecule has 112 valence electrons. The van der Waals surface area contributed by atoms with Gasteiger partial charge in [-0.2, -0.15) is 12.7 Å². The Morgan fingerprint density at radius 2 is 1.95 bits per heavy atom. The molecular formula is C12H19N3O4S. The van der Waals surface area contributed by atoms with E-state index < -0.39 is 16.2 Å². The highest BCUT2D eigenvalue weighted by molar-refractivity contribution is 7.90. The maximum atomic E-state index is 12.4. The van der Waals surface area contributed by atoms with Crippen molar-refractivity contribution >= 4 is 21.9 Å². The second kappa shape index (κ2) is 7.20. The number of nitrogens with zero attached hydrogens (tertiary/aromatic N) is 3. The van der Waals surface area contributed by atoms with Gasteiger partial charge >= 0.3 is 16.2 Å². The Labute approximate surface area is 119 Å². The van der Waals surface area contributed by atoms with Gasteiger partial charge in [0.15, 0.2) is 0 Å². The molecule has 1 heterocycles. The Morgan fingerprint density at radius 1 is 1.35 bits per heavy atom. The third-order valence-electron chi connectivity index (χ3n) is 2.77. The minimum Gasteiger partial charge on any atom is -0.469 e. The highest BCUT2D eigenvalue weighted by Gasteiger charge is 2.26. The summed E-state index contributed by atoms with van der Waals surface area (Å²) in [5.74, 6) is -0.445. The summed E-state index contributed by atoms with van der Waals surface area (Å²) in [4.78, 5) is 15.0. The zero-order chi connectivity index (χ0) is 15.2. The van der Waals surface area contributed by atoms with E-state index in [2.05, 4.69) is 9.72 Å². The number of ether oxygens (including phenoxy) is 1. The van der Waals surface area contributed by atoms with Crippen LogP contribution >= 0.6 is 0 Å². The van der Waals surface area contributed by atoms with Gasteiger partial charge in [-0.15, -0.1) is 0 Å². The van der Waals surface area contributed by atoms with Crippen LogP contribution in [0.1, 0.15) is 13.3 Å². The molecular weight excluding hydrogens is 282 g/mol. The maximum Gasteiger partial charge on any atom is 0.306 e. The van der Waals surface area contributed by atoms with E-state index in [0.717, 1.165) is 4.31 Å². The predicted octanol–water partition coefficient (Wildman–Crippen LogP) is 0.648. The van der Waals surface area contributed by atoms with Crippen molar-refractivity contribution in [2.45, 2.75) is 13.3 Å². The Hall–Kier alpha value is -1.67. The van der Waals surface area contributed by atoms with E-state index >= 15 is 0 Å². The summed E-state index contributed by atoms with van der Waals surface area (Å²) in [7, 11) is -0.974. The number of rotatable bonds is 7. The van der Waals surface area contributed by atoms with Crippen molar-refractivity contribution in [3.05, 3.63) is 24.5 Å². The Morgan fingerprint density at radius 3 is 2.45 bits per heavy atom. The molecule has 0 aliphatic heterocycles. The fourth-order valence-electron chi connectivity index (χ4n) is 1.62. The SMILES string of the molecule is CCN(c1ccncc1)S(=O)(=O)N(C)CCC(=O)OC. The molecule has 0 N–H and O–H groups in total. The lowest BCUT2D eigenvalue weighted by atomic mass is 10.4. The van der Waals surface area contributed by atoms with Crippen LogP contribution in [0.5, 0.6) is 0 Å². The third kappa shape index (κ3) is 3.91. The van der Waals surface area contributed by atoms with Crippen LogP contribution in [0.4, 0.5) is 5.69 Å². The van der Waals surface area contributed by atoms with Crippen molar-refractivity contribution in [3.63, 3.8) is 0 Å². The predicted molar refractivity (Wildman–Crippen MR) is 75.4 cm³/mol. The first-order valence-corrected chi connectivity index (χ1v) is 7.54. The molecule has 0 aliphatic rings. The van der Waals surface area contributed by atoms with Crippen molar-refractivity contribution in [1.82, 2.24) is 9.29 Å². The summed E-state index contributed by atoms with van der Waals surface area (Å²) in [5.41, 5.74) is 0.535. The van der Waals surface area contributed by atoms with Crippen molar-refractivity contribution < 1.29 is 17.9 Å². The van der Waals surface area contributed by atoms with Crippen LogP contribution in [-0.2, 0) is 19.7 Å². The normalized spacial score (nSPS) is 11.4. The van der Waals surface area contributed by atoms with Gasteiger partial charge in [0.25, 0.3) is 0 Å². The molecule has 0 saturated carbocycles. The minimum absolute atomic E-state index is 0.0140. The fraction of sp³-hybridized carbons (Fsp3) is 0.500. The summed E-state index contributed by atoms with van der Waals surface area (Å²) in [6, 6.07) is 3.24. The Bertz CT molecular complexity index is 533. The number of carbonyl (C=O) groups is 1. The molecule has 1 aromatic rings. The number of hydrogen-bond donors (Lipinski definition) is 0. The van der Waals surface area contributed by atoms with E-state index in [1.165, 1.54) is 30.9 Å². The molecule has 1 rings (SSSR count). The van der Waals surface area contributed by atoms with E-state index in [-0.39, 0.29) is 19.5 Å². The standard InChI is InChI=1S/C12H19N3O4S/c1-4-15(11-5-8-13-9-6-11)20(17,18)14(2)10-7-12(16)19-3/h5-6,8-9H,4,7,10H2,1-3H3. The molecule has 0 radical (unpaired) electrons. The number of anilines is 1. The van der Waals surface area contributed by atoms with Crippen LogP contribution in [0, 0.1) is 0 Å². The summed E-state index contributed by atoms with van der Waals surface area (Å²) in [5, 5.41) is 0. The number of carbonyl (C=O) groups excluding carboxylic acids is 1. The van der Waals surface area contributed by atoms with Crippen LogP contribution in [0.25, 0.3) is 0 Å². The number of methoxy groups -OCH3 is 1. The maximum absolute atomic E-state index is 12.4. The summed E-state index contributed by atoms with van der Waals surface area (Å²) < 4.78 is 31.8. The molecule has 0 atom stereocenters. The van der Waals surface area contributed by atoms with Crippen molar-refractivity contribution in [2.24, 2.45) is 0 Å². The van der Waals surface area contributed by atoms with Gasteiger partial charge in [-0.1, -0.05) is 0 Å². The second-order valence-corrected chi connectivity index (χ2v) is 5.99. The zero-order valence-electron chi connectivity index (χ0n) is 11.8. The van der Waals surface area contributed by atoms with Crippen molar-refractivity contribution in [1.29, 1.82) is 0 Å². The first-order valence-electron chi connectivity index (χ1n) is 6.14. The van der Waals surface area contributed by atoms with Gasteiger partial charge in [0.2, 0.25) is 0 Å². The van der Waals surface area contributed by atoms with Gasteiger partial charge in [0.05, 0.1) is 19.2 Å². The fourth-order valence-corrected chi connectivity index (χ4v) is 3.00. The van der Waals surface area contributed by atoms with Gasteiger partial charge in [-0.25, -0.2) is 0 Å². The molecule has 0 fully saturated rings. The molecule has 0 spiro atoms. The number of esters is 1. The quantitative estimate of drug-likeness (QED) is 0.691. The Balaban J connectivity index is 2.87. The molecule has 7 nitrogen and oxygen atoms in total. The lowest BCUT2D eigenvalue weighted by Gasteiger charge is -2.27. The molecule has 0 aliphatic carbocycles. The first-order chi connectivity index (χ1) is 9.43. The van der Waals surface area contributed by atoms with Gasteiger partial charge in [-0.3, -0.25) is 14.1 Å². The molecule has 0 bridgehead atoms. The monoisotopic (exact) mass is 301 g/mol. The van der Waals surface area contributed by atoms with Crippen LogP contribution in [-0.4, -0.2) is 50.9 Å². The van der Waals surface area contributed by atoms with E-state index in [0.29, 0.717) is 5.69 Å². The highest BCUT2D eigenvalue weighted by atomic mass is 32.2. The minimum atomic E-state index is -3.68. The lowest BCUT2D eigenvalue weighted by molar-refractivity contribution is -0.140. The molecule has 8 heteroatoms. The molecule has 0 unspecified atom stereocenters. The zero-order valence-corrected chi connectivity index (χ0v) is 12.6. The molecule has 20 heavy (non-hydrogen) atoms. The Kier molecular flexibility index (Phi) is 5.90. The number of hydrogen-bond acceptors (Lipinski definition) is 5. The summed E-state index contributed by atoms with van der Waals surface area (Å²) in [6.07, 6.45) is 3.07. The summed E-state index contributed by atoms with van der Waals surface area (Å²) >= 11 is 0. The van der Waals surface area contributed by atoms with E-state index in [9.17, 15) is 13.2 Å². The van der Waals surface area contributed by atoms with Crippen LogP contribution in [0.2, 0.25) is 0 Å². The number of aromatic nitrogens is 1. The lowest BCUT2D eigenvalue weighted by Crippen LogP contribution is -2.42. The van der Waals surface area contributed by atoms with Gasteiger partial charge in [0.1, 0.15) is 0 Å². The van der Waals surface area contributed by atoms with E-state index in [1.807, 2.05) is 0 Å². The smallest absolute Gasteiger partial charge is 0.306 e. The van der Waals surface area contributed by atoms with E-state index in [4.69, 9.17) is 0 Å². The van der Waals surface area contributed by atoms with Crippen molar-refractivity contribution in [2.75, 3.05) is 31.6 Å². The molecule has 0 amide bonds.